The Morgan fingerprint density at radius 3 is 2.29 bits per heavy atom. The lowest BCUT2D eigenvalue weighted by molar-refractivity contribution is -0.123. The second kappa shape index (κ2) is 9.45. The number of rotatable bonds is 7. The molecule has 4 aromatic rings. The van der Waals surface area contributed by atoms with Gasteiger partial charge in [0.15, 0.2) is 6.10 Å². The van der Waals surface area contributed by atoms with E-state index in [-0.39, 0.29) is 11.1 Å². The largest absolute Gasteiger partial charge is 0.497 e. The molecular weight excluding hydrogens is 438 g/mol. The smallest absolute Gasteiger partial charge is 0.338 e. The number of carbonyl (C=O) groups excluding carboxylic acids is 2. The molecule has 3 N–H and O–H groups in total. The van der Waals surface area contributed by atoms with E-state index in [0.29, 0.717) is 22.5 Å². The van der Waals surface area contributed by atoms with E-state index in [9.17, 15) is 14.4 Å². The maximum Gasteiger partial charge on any atom is 0.338 e. The highest BCUT2D eigenvalue weighted by Gasteiger charge is 2.20. The molecule has 34 heavy (non-hydrogen) atoms. The van der Waals surface area contributed by atoms with Gasteiger partial charge < -0.3 is 24.9 Å². The molecule has 0 aliphatic heterocycles. The topological polar surface area (TPSA) is 131 Å². The minimum Gasteiger partial charge on any atom is -0.497 e. The Bertz CT molecular complexity index is 1360. The Morgan fingerprint density at radius 2 is 1.65 bits per heavy atom. The van der Waals surface area contributed by atoms with Crippen molar-refractivity contribution >= 4 is 34.6 Å². The Balaban J connectivity index is 1.43. The average Bonchev–Trinajstić information content (AvgIpc) is 3.27. The van der Waals surface area contributed by atoms with Crippen LogP contribution < -0.4 is 10.1 Å². The second-order valence-electron chi connectivity index (χ2n) is 7.47. The van der Waals surface area contributed by atoms with Gasteiger partial charge in [0.05, 0.1) is 29.3 Å². The van der Waals surface area contributed by atoms with E-state index in [1.807, 2.05) is 24.3 Å². The molecule has 0 saturated heterocycles. The molecule has 1 aromatic heterocycles. The highest BCUT2D eigenvalue weighted by atomic mass is 16.5. The van der Waals surface area contributed by atoms with Crippen LogP contribution in [0.1, 0.15) is 27.6 Å². The number of H-pyrrole nitrogens is 1. The highest BCUT2D eigenvalue weighted by Crippen LogP contribution is 2.24. The number of fused-ring (bicyclic) bond motifs is 1. The molecule has 0 bridgehead atoms. The van der Waals surface area contributed by atoms with Gasteiger partial charge in [0.25, 0.3) is 5.91 Å². The lowest BCUT2D eigenvalue weighted by Crippen LogP contribution is -2.30. The third-order valence-corrected chi connectivity index (χ3v) is 5.13. The number of carboxylic acids is 1. The molecule has 0 saturated carbocycles. The summed E-state index contributed by atoms with van der Waals surface area (Å²) in [4.78, 5) is 43.6. The number of carbonyl (C=O) groups is 3. The van der Waals surface area contributed by atoms with Gasteiger partial charge in [-0.15, -0.1) is 0 Å². The number of ether oxygens (including phenoxy) is 2. The number of amides is 1. The third-order valence-electron chi connectivity index (χ3n) is 5.13. The summed E-state index contributed by atoms with van der Waals surface area (Å²) in [5.74, 6) is -0.886. The molecule has 1 heterocycles. The minimum absolute atomic E-state index is 0.0989. The number of methoxy groups -OCH3 is 1. The number of anilines is 1. The average molecular weight is 459 g/mol. The number of nitrogens with zero attached hydrogens (tertiary/aromatic N) is 1. The van der Waals surface area contributed by atoms with Crippen molar-refractivity contribution in [2.24, 2.45) is 0 Å². The summed E-state index contributed by atoms with van der Waals surface area (Å²) in [5, 5.41) is 11.5. The van der Waals surface area contributed by atoms with Gasteiger partial charge in [0.1, 0.15) is 11.6 Å². The molecule has 0 aliphatic rings. The van der Waals surface area contributed by atoms with Crippen LogP contribution in [0.25, 0.3) is 22.4 Å². The van der Waals surface area contributed by atoms with E-state index in [0.717, 1.165) is 11.3 Å². The molecule has 9 heteroatoms. The van der Waals surface area contributed by atoms with Crippen molar-refractivity contribution in [3.05, 3.63) is 77.9 Å². The quantitative estimate of drug-likeness (QED) is 0.354. The number of aromatic amines is 1. The summed E-state index contributed by atoms with van der Waals surface area (Å²) in [5.41, 5.74) is 2.95. The van der Waals surface area contributed by atoms with Crippen LogP contribution in [-0.2, 0) is 9.53 Å². The minimum atomic E-state index is -1.07. The summed E-state index contributed by atoms with van der Waals surface area (Å²) < 4.78 is 10.5. The van der Waals surface area contributed by atoms with Gasteiger partial charge in [-0.3, -0.25) is 4.79 Å². The molecule has 0 fully saturated rings. The molecule has 0 spiro atoms. The van der Waals surface area contributed by atoms with Crippen LogP contribution in [0.5, 0.6) is 5.75 Å². The zero-order valence-corrected chi connectivity index (χ0v) is 18.4. The van der Waals surface area contributed by atoms with Crippen molar-refractivity contribution in [2.45, 2.75) is 13.0 Å². The van der Waals surface area contributed by atoms with Crippen LogP contribution in [0.3, 0.4) is 0 Å². The van der Waals surface area contributed by atoms with Crippen LogP contribution >= 0.6 is 0 Å². The predicted octanol–water partition coefficient (Wildman–Crippen LogP) is 4.12. The summed E-state index contributed by atoms with van der Waals surface area (Å²) in [7, 11) is 1.60. The first kappa shape index (κ1) is 22.5. The molecule has 0 radical (unpaired) electrons. The van der Waals surface area contributed by atoms with E-state index in [1.165, 1.54) is 31.2 Å². The van der Waals surface area contributed by atoms with Crippen molar-refractivity contribution in [3.63, 3.8) is 0 Å². The normalized spacial score (nSPS) is 11.6. The molecule has 3 aromatic carbocycles. The van der Waals surface area contributed by atoms with Crippen molar-refractivity contribution in [1.29, 1.82) is 0 Å². The summed E-state index contributed by atoms with van der Waals surface area (Å²) in [6, 6.07) is 18.0. The van der Waals surface area contributed by atoms with Crippen LogP contribution in [0.2, 0.25) is 0 Å². The molecular formula is C25H21N3O6. The fourth-order valence-corrected chi connectivity index (χ4v) is 3.24. The summed E-state index contributed by atoms with van der Waals surface area (Å²) >= 11 is 0. The third kappa shape index (κ3) is 4.88. The number of nitrogens with one attached hydrogen (secondary N) is 2. The number of aromatic nitrogens is 2. The summed E-state index contributed by atoms with van der Waals surface area (Å²) in [6.07, 6.45) is -1.07. The number of aromatic carboxylic acids is 1. The molecule has 172 valence electrons. The first-order chi connectivity index (χ1) is 16.3. The summed E-state index contributed by atoms with van der Waals surface area (Å²) in [6.45, 7) is 1.45. The maximum atomic E-state index is 12.6. The van der Waals surface area contributed by atoms with E-state index in [4.69, 9.17) is 14.6 Å². The van der Waals surface area contributed by atoms with Gasteiger partial charge in [-0.1, -0.05) is 0 Å². The van der Waals surface area contributed by atoms with Gasteiger partial charge in [-0.2, -0.15) is 0 Å². The van der Waals surface area contributed by atoms with Crippen molar-refractivity contribution in [2.75, 3.05) is 12.4 Å². The number of carboxylic acid groups (broad SMARTS) is 1. The monoisotopic (exact) mass is 459 g/mol. The fraction of sp³-hybridized carbons (Fsp3) is 0.120. The highest BCUT2D eigenvalue weighted by molar-refractivity contribution is 5.99. The SMILES string of the molecule is COc1ccc(-c2nc3ccc(C(=O)OC(C)C(=O)Nc4ccc(C(=O)O)cc4)cc3[nH]2)cc1. The lowest BCUT2D eigenvalue weighted by Gasteiger charge is -2.13. The Labute approximate surface area is 194 Å². The van der Waals surface area contributed by atoms with Crippen LogP contribution in [0.15, 0.2) is 66.7 Å². The van der Waals surface area contributed by atoms with Crippen LogP contribution in [-0.4, -0.2) is 46.1 Å². The van der Waals surface area contributed by atoms with E-state index >= 15 is 0 Å². The van der Waals surface area contributed by atoms with Crippen molar-refractivity contribution in [3.8, 4) is 17.1 Å². The maximum absolute atomic E-state index is 12.6. The lowest BCUT2D eigenvalue weighted by atomic mass is 10.2. The van der Waals surface area contributed by atoms with Crippen LogP contribution in [0.4, 0.5) is 5.69 Å². The number of hydrogen-bond acceptors (Lipinski definition) is 6. The zero-order chi connectivity index (χ0) is 24.2. The molecule has 4 rings (SSSR count). The Hall–Kier alpha value is -4.66. The van der Waals surface area contributed by atoms with Gasteiger partial charge in [0.2, 0.25) is 0 Å². The van der Waals surface area contributed by atoms with Gasteiger partial charge in [-0.05, 0) is 73.7 Å². The van der Waals surface area contributed by atoms with E-state index < -0.39 is 23.9 Å². The zero-order valence-electron chi connectivity index (χ0n) is 18.4. The number of imidazole rings is 1. The molecule has 0 aliphatic carbocycles. The second-order valence-corrected chi connectivity index (χ2v) is 7.47. The van der Waals surface area contributed by atoms with Gasteiger partial charge >= 0.3 is 11.9 Å². The molecule has 9 nitrogen and oxygen atoms in total. The fourth-order valence-electron chi connectivity index (χ4n) is 3.24. The number of hydrogen-bond donors (Lipinski definition) is 3. The first-order valence-electron chi connectivity index (χ1n) is 10.3. The van der Waals surface area contributed by atoms with E-state index in [2.05, 4.69) is 15.3 Å². The number of esters is 1. The first-order valence-corrected chi connectivity index (χ1v) is 10.3. The van der Waals surface area contributed by atoms with Gasteiger partial charge in [-0.25, -0.2) is 14.6 Å². The van der Waals surface area contributed by atoms with Gasteiger partial charge in [0, 0.05) is 11.3 Å². The standard InChI is InChI=1S/C25H21N3O6/c1-14(23(29)26-18-8-3-16(4-9-18)24(30)31)34-25(32)17-7-12-20-21(13-17)28-22(27-20)15-5-10-19(33-2)11-6-15/h3-14H,1-2H3,(H,26,29)(H,27,28)(H,30,31). The van der Waals surface area contributed by atoms with E-state index in [1.54, 1.807) is 25.3 Å². The molecule has 1 unspecified atom stereocenters. The van der Waals surface area contributed by atoms with Crippen molar-refractivity contribution in [1.82, 2.24) is 9.97 Å². The Kier molecular flexibility index (Phi) is 6.26. The molecule has 1 atom stereocenters. The van der Waals surface area contributed by atoms with Crippen molar-refractivity contribution < 1.29 is 29.0 Å². The molecule has 1 amide bonds. The Morgan fingerprint density at radius 1 is 0.971 bits per heavy atom. The predicted molar refractivity (Wildman–Crippen MR) is 125 cm³/mol. The number of benzene rings is 3. The van der Waals surface area contributed by atoms with Crippen LogP contribution in [0, 0.1) is 0 Å².